The molecule has 0 aromatic heterocycles. The van der Waals surface area contributed by atoms with Gasteiger partial charge in [-0.05, 0) is 37.8 Å². The molecule has 4 nitrogen and oxygen atoms in total. The van der Waals surface area contributed by atoms with Crippen LogP contribution in [0.2, 0.25) is 0 Å². The van der Waals surface area contributed by atoms with Crippen LogP contribution in [-0.4, -0.2) is 50.8 Å². The highest BCUT2D eigenvalue weighted by Gasteiger charge is 2.46. The van der Waals surface area contributed by atoms with E-state index in [1.807, 2.05) is 26.1 Å². The fourth-order valence-electron chi connectivity index (χ4n) is 3.61. The average molecular weight is 333 g/mol. The van der Waals surface area contributed by atoms with Crippen LogP contribution in [0.3, 0.4) is 0 Å². The molecule has 1 saturated heterocycles. The molecule has 1 aliphatic carbocycles. The van der Waals surface area contributed by atoms with E-state index in [2.05, 4.69) is 15.2 Å². The van der Waals surface area contributed by atoms with Crippen molar-refractivity contribution in [3.8, 4) is 0 Å². The van der Waals surface area contributed by atoms with Gasteiger partial charge in [0.2, 0.25) is 0 Å². The second-order valence-electron chi connectivity index (χ2n) is 6.92. The first-order valence-corrected chi connectivity index (χ1v) is 8.97. The van der Waals surface area contributed by atoms with E-state index >= 15 is 0 Å². The number of hydrogen-bond donors (Lipinski definition) is 1. The summed E-state index contributed by atoms with van der Waals surface area (Å²) in [6.07, 6.45) is 3.20. The van der Waals surface area contributed by atoms with Gasteiger partial charge in [-0.1, -0.05) is 18.2 Å². The molecule has 1 unspecified atom stereocenters. The number of guanidine groups is 1. The first-order valence-electron chi connectivity index (χ1n) is 8.97. The van der Waals surface area contributed by atoms with Crippen LogP contribution in [0.15, 0.2) is 29.3 Å². The van der Waals surface area contributed by atoms with Gasteiger partial charge in [0.25, 0.3) is 0 Å². The summed E-state index contributed by atoms with van der Waals surface area (Å²) in [5.41, 5.74) is 0.773. The maximum Gasteiger partial charge on any atom is 0.193 e. The summed E-state index contributed by atoms with van der Waals surface area (Å²) in [6.45, 7) is 6.35. The van der Waals surface area contributed by atoms with Gasteiger partial charge in [-0.15, -0.1) is 0 Å². The van der Waals surface area contributed by atoms with Crippen molar-refractivity contribution in [1.29, 1.82) is 0 Å². The Kier molecular flexibility index (Phi) is 5.39. The second kappa shape index (κ2) is 7.51. The van der Waals surface area contributed by atoms with Gasteiger partial charge in [-0.3, -0.25) is 4.99 Å². The van der Waals surface area contributed by atoms with E-state index in [0.717, 1.165) is 63.6 Å². The molecular weight excluding hydrogens is 305 g/mol. The molecule has 1 aromatic carbocycles. The van der Waals surface area contributed by atoms with Crippen molar-refractivity contribution < 1.29 is 9.13 Å². The molecule has 2 aliphatic rings. The third-order valence-electron chi connectivity index (χ3n) is 5.24. The van der Waals surface area contributed by atoms with Crippen molar-refractivity contribution in [1.82, 2.24) is 10.2 Å². The molecule has 1 heterocycles. The molecule has 1 atom stereocenters. The number of nitrogens with one attached hydrogen (secondary N) is 1. The Morgan fingerprint density at radius 3 is 2.88 bits per heavy atom. The number of hydrogen-bond acceptors (Lipinski definition) is 2. The second-order valence-corrected chi connectivity index (χ2v) is 6.92. The Bertz CT molecular complexity index is 586. The predicted octanol–water partition coefficient (Wildman–Crippen LogP) is 2.79. The number of ether oxygens (including phenoxy) is 1. The Balaban J connectivity index is 1.57. The highest BCUT2D eigenvalue weighted by atomic mass is 19.1. The lowest BCUT2D eigenvalue weighted by molar-refractivity contribution is 0.114. The van der Waals surface area contributed by atoms with E-state index in [4.69, 9.17) is 4.74 Å². The number of benzene rings is 1. The van der Waals surface area contributed by atoms with Crippen LogP contribution < -0.4 is 5.32 Å². The monoisotopic (exact) mass is 333 g/mol. The summed E-state index contributed by atoms with van der Waals surface area (Å²) in [5, 5.41) is 3.48. The number of nitrogens with zero attached hydrogens (tertiary/aromatic N) is 2. The number of halogens is 1. The highest BCUT2D eigenvalue weighted by Crippen LogP contribution is 2.48. The highest BCUT2D eigenvalue weighted by molar-refractivity contribution is 5.80. The third kappa shape index (κ3) is 3.72. The molecule has 0 bridgehead atoms. The van der Waals surface area contributed by atoms with Gasteiger partial charge in [-0.2, -0.15) is 0 Å². The van der Waals surface area contributed by atoms with E-state index in [-0.39, 0.29) is 11.2 Å². The van der Waals surface area contributed by atoms with Crippen molar-refractivity contribution in [3.05, 3.63) is 35.6 Å². The first kappa shape index (κ1) is 17.2. The molecule has 1 aliphatic heterocycles. The fraction of sp³-hybridized carbons (Fsp3) is 0.632. The minimum absolute atomic E-state index is 0.0638. The smallest absolute Gasteiger partial charge is 0.193 e. The van der Waals surface area contributed by atoms with Gasteiger partial charge in [0.15, 0.2) is 5.96 Å². The van der Waals surface area contributed by atoms with Gasteiger partial charge in [0.1, 0.15) is 5.82 Å². The van der Waals surface area contributed by atoms with Gasteiger partial charge < -0.3 is 15.0 Å². The van der Waals surface area contributed by atoms with Crippen molar-refractivity contribution in [2.75, 3.05) is 39.9 Å². The van der Waals surface area contributed by atoms with Crippen LogP contribution in [0.1, 0.15) is 31.7 Å². The first-order chi connectivity index (χ1) is 11.7. The standard InChI is InChI=1S/C19H28FN3O/c1-3-24-13-15-8-11-23(12-15)18(21-2)22-14-19(9-10-19)16-6-4-5-7-17(16)20/h4-7,15H,3,8-14H2,1-2H3,(H,21,22). The topological polar surface area (TPSA) is 36.9 Å². The zero-order valence-corrected chi connectivity index (χ0v) is 14.7. The van der Waals surface area contributed by atoms with E-state index in [9.17, 15) is 4.39 Å². The fourth-order valence-corrected chi connectivity index (χ4v) is 3.61. The molecular formula is C19H28FN3O. The van der Waals surface area contributed by atoms with Crippen molar-refractivity contribution >= 4 is 5.96 Å². The van der Waals surface area contributed by atoms with E-state index in [1.165, 1.54) is 0 Å². The molecule has 2 fully saturated rings. The molecule has 0 amide bonds. The minimum Gasteiger partial charge on any atom is -0.381 e. The zero-order chi connectivity index (χ0) is 17.0. The van der Waals surface area contributed by atoms with Crippen LogP contribution in [0.5, 0.6) is 0 Å². The Hall–Kier alpha value is -1.62. The normalized spacial score (nSPS) is 22.7. The molecule has 3 rings (SSSR count). The lowest BCUT2D eigenvalue weighted by atomic mass is 9.95. The molecule has 5 heteroatoms. The quantitative estimate of drug-likeness (QED) is 0.642. The SMILES string of the molecule is CCOCC1CCN(C(=NC)NCC2(c3ccccc3F)CC2)C1. The van der Waals surface area contributed by atoms with Gasteiger partial charge in [0, 0.05) is 44.6 Å². The summed E-state index contributed by atoms with van der Waals surface area (Å²) >= 11 is 0. The molecule has 24 heavy (non-hydrogen) atoms. The Morgan fingerprint density at radius 2 is 2.21 bits per heavy atom. The third-order valence-corrected chi connectivity index (χ3v) is 5.24. The van der Waals surface area contributed by atoms with Crippen LogP contribution in [0.4, 0.5) is 4.39 Å². The molecule has 1 saturated carbocycles. The van der Waals surface area contributed by atoms with Crippen molar-refractivity contribution in [3.63, 3.8) is 0 Å². The summed E-state index contributed by atoms with van der Waals surface area (Å²) in [5.74, 6) is 1.41. The van der Waals surface area contributed by atoms with Crippen molar-refractivity contribution in [2.24, 2.45) is 10.9 Å². The molecule has 132 valence electrons. The van der Waals surface area contributed by atoms with Crippen LogP contribution in [0, 0.1) is 11.7 Å². The zero-order valence-electron chi connectivity index (χ0n) is 14.7. The number of aliphatic imine (C=N–C) groups is 1. The maximum atomic E-state index is 14.1. The molecule has 1 N–H and O–H groups in total. The summed E-state index contributed by atoms with van der Waals surface area (Å²) < 4.78 is 19.7. The molecule has 0 spiro atoms. The van der Waals surface area contributed by atoms with Crippen LogP contribution in [0.25, 0.3) is 0 Å². The largest absolute Gasteiger partial charge is 0.381 e. The van der Waals surface area contributed by atoms with E-state index in [0.29, 0.717) is 5.92 Å². The Morgan fingerprint density at radius 1 is 1.42 bits per heavy atom. The van der Waals surface area contributed by atoms with Gasteiger partial charge in [-0.25, -0.2) is 4.39 Å². The number of rotatable bonds is 6. The molecule has 1 aromatic rings. The summed E-state index contributed by atoms with van der Waals surface area (Å²) in [6, 6.07) is 7.15. The van der Waals surface area contributed by atoms with Crippen LogP contribution >= 0.6 is 0 Å². The molecule has 0 radical (unpaired) electrons. The maximum absolute atomic E-state index is 14.1. The lowest BCUT2D eigenvalue weighted by Crippen LogP contribution is -2.43. The predicted molar refractivity (Wildman–Crippen MR) is 94.8 cm³/mol. The van der Waals surface area contributed by atoms with Gasteiger partial charge in [0.05, 0.1) is 6.61 Å². The number of likely N-dealkylation sites (tertiary alicyclic amines) is 1. The van der Waals surface area contributed by atoms with E-state index in [1.54, 1.807) is 12.1 Å². The summed E-state index contributed by atoms with van der Waals surface area (Å²) in [7, 11) is 1.82. The Labute approximate surface area is 144 Å². The average Bonchev–Trinajstić information content (AvgIpc) is 3.24. The van der Waals surface area contributed by atoms with Crippen molar-refractivity contribution in [2.45, 2.75) is 31.6 Å². The summed E-state index contributed by atoms with van der Waals surface area (Å²) in [4.78, 5) is 6.72. The lowest BCUT2D eigenvalue weighted by Gasteiger charge is -2.25. The van der Waals surface area contributed by atoms with Gasteiger partial charge >= 0.3 is 0 Å². The van der Waals surface area contributed by atoms with Crippen LogP contribution in [-0.2, 0) is 10.2 Å². The minimum atomic E-state index is -0.0928. The van der Waals surface area contributed by atoms with E-state index < -0.39 is 0 Å².